The van der Waals surface area contributed by atoms with Gasteiger partial charge in [0.25, 0.3) is 0 Å². The largest absolute Gasteiger partial charge is 0.407 e. The van der Waals surface area contributed by atoms with Crippen molar-refractivity contribution in [3.63, 3.8) is 0 Å². The molecule has 8 heteroatoms. The van der Waals surface area contributed by atoms with Gasteiger partial charge in [0.1, 0.15) is 18.2 Å². The van der Waals surface area contributed by atoms with Crippen LogP contribution in [0.2, 0.25) is 0 Å². The summed E-state index contributed by atoms with van der Waals surface area (Å²) in [6, 6.07) is 1.66. The van der Waals surface area contributed by atoms with Crippen LogP contribution in [0.5, 0.6) is 0 Å². The van der Waals surface area contributed by atoms with Crippen molar-refractivity contribution < 1.29 is 13.2 Å². The molecule has 0 bridgehead atoms. The van der Waals surface area contributed by atoms with Gasteiger partial charge in [0.15, 0.2) is 0 Å². The van der Waals surface area contributed by atoms with Gasteiger partial charge in [0, 0.05) is 25.2 Å². The maximum atomic E-state index is 12.3. The van der Waals surface area contributed by atoms with Gasteiger partial charge in [-0.25, -0.2) is 9.97 Å². The lowest BCUT2D eigenvalue weighted by molar-refractivity contribution is -0.142. The predicted molar refractivity (Wildman–Crippen MR) is 94.1 cm³/mol. The van der Waals surface area contributed by atoms with Gasteiger partial charge < -0.3 is 5.73 Å². The zero-order valence-corrected chi connectivity index (χ0v) is 14.6. The lowest BCUT2D eigenvalue weighted by Gasteiger charge is -2.16. The lowest BCUT2D eigenvalue weighted by atomic mass is 10.1. The molecule has 1 rings (SSSR count). The molecule has 2 N–H and O–H groups in total. The number of hydrogen-bond donors (Lipinski definition) is 1. The highest BCUT2D eigenvalue weighted by Crippen LogP contribution is 2.16. The van der Waals surface area contributed by atoms with Crippen molar-refractivity contribution in [1.29, 1.82) is 0 Å². The summed E-state index contributed by atoms with van der Waals surface area (Å²) in [5.74, 6) is 0.900. The summed E-state index contributed by atoms with van der Waals surface area (Å²) in [6.45, 7) is 9.84. The molecule has 1 aromatic rings. The zero-order chi connectivity index (χ0) is 19.2. The first-order valence-corrected chi connectivity index (χ1v) is 7.45. The Hall–Kier alpha value is -2.64. The SMILES string of the molecule is C=CC(=CC(=C)C(C)=NN(C)CC(F)(F)F)Cc1nc(C)cc(N)n1. The van der Waals surface area contributed by atoms with Crippen LogP contribution in [0.25, 0.3) is 0 Å². The van der Waals surface area contributed by atoms with E-state index in [1.807, 2.05) is 6.92 Å². The van der Waals surface area contributed by atoms with Crippen LogP contribution in [0.3, 0.4) is 0 Å². The number of aromatic nitrogens is 2. The number of alkyl halides is 3. The molecular weight excluding hydrogens is 331 g/mol. The van der Waals surface area contributed by atoms with Crippen LogP contribution in [0.15, 0.2) is 47.6 Å². The Morgan fingerprint density at radius 3 is 2.56 bits per heavy atom. The number of halogens is 3. The van der Waals surface area contributed by atoms with E-state index in [2.05, 4.69) is 28.2 Å². The molecule has 0 aliphatic carbocycles. The molecule has 1 aromatic heterocycles. The molecule has 5 nitrogen and oxygen atoms in total. The van der Waals surface area contributed by atoms with Crippen molar-refractivity contribution in [3.8, 4) is 0 Å². The van der Waals surface area contributed by atoms with Crippen LogP contribution in [0, 0.1) is 6.92 Å². The van der Waals surface area contributed by atoms with Gasteiger partial charge in [-0.2, -0.15) is 18.3 Å². The fourth-order valence-corrected chi connectivity index (χ4v) is 2.04. The molecular formula is C17H22F3N5. The standard InChI is InChI=1S/C17H22F3N5/c1-6-14(9-16-22-12(3)8-15(21)23-16)7-11(2)13(4)24-25(5)10-17(18,19)20/h6-8H,1-2,9-10H2,3-5H3,(H2,21,22,23). The van der Waals surface area contributed by atoms with E-state index in [-0.39, 0.29) is 0 Å². The number of aryl methyl sites for hydroxylation is 1. The van der Waals surface area contributed by atoms with Crippen molar-refractivity contribution in [2.75, 3.05) is 19.3 Å². The second-order valence-electron chi connectivity index (χ2n) is 5.59. The topological polar surface area (TPSA) is 67.4 Å². The normalized spacial score (nSPS) is 12.9. The van der Waals surface area contributed by atoms with E-state index in [0.717, 1.165) is 16.3 Å². The summed E-state index contributed by atoms with van der Waals surface area (Å²) in [4.78, 5) is 8.44. The molecule has 0 radical (unpaired) electrons. The molecule has 0 aromatic carbocycles. The molecule has 136 valence electrons. The van der Waals surface area contributed by atoms with Crippen LogP contribution in [0.1, 0.15) is 18.4 Å². The molecule has 0 spiro atoms. The second kappa shape index (κ2) is 8.46. The van der Waals surface area contributed by atoms with Crippen molar-refractivity contribution in [3.05, 3.63) is 54.0 Å². The van der Waals surface area contributed by atoms with Gasteiger partial charge in [-0.1, -0.05) is 25.3 Å². The molecule has 0 aliphatic rings. The first kappa shape index (κ1) is 20.4. The summed E-state index contributed by atoms with van der Waals surface area (Å²) in [7, 11) is 1.26. The molecule has 0 aliphatic heterocycles. The third kappa shape index (κ3) is 7.65. The van der Waals surface area contributed by atoms with Crippen LogP contribution < -0.4 is 5.73 Å². The summed E-state index contributed by atoms with van der Waals surface area (Å²) in [5.41, 5.74) is 8.05. The average Bonchev–Trinajstić information content (AvgIpc) is 2.42. The molecule has 0 atom stereocenters. The Morgan fingerprint density at radius 1 is 1.40 bits per heavy atom. The Labute approximate surface area is 145 Å². The third-order valence-corrected chi connectivity index (χ3v) is 3.10. The number of allylic oxidation sites excluding steroid dienone is 4. The monoisotopic (exact) mass is 353 g/mol. The number of nitrogens with two attached hydrogens (primary N) is 1. The fourth-order valence-electron chi connectivity index (χ4n) is 2.04. The van der Waals surface area contributed by atoms with Crippen molar-refractivity contribution in [1.82, 2.24) is 15.0 Å². The van der Waals surface area contributed by atoms with E-state index in [1.54, 1.807) is 25.1 Å². The van der Waals surface area contributed by atoms with E-state index in [1.165, 1.54) is 7.05 Å². The summed E-state index contributed by atoms with van der Waals surface area (Å²) >= 11 is 0. The van der Waals surface area contributed by atoms with Crippen molar-refractivity contribution >= 4 is 11.5 Å². The Balaban J connectivity index is 2.89. The van der Waals surface area contributed by atoms with E-state index >= 15 is 0 Å². The van der Waals surface area contributed by atoms with Gasteiger partial charge in [-0.05, 0) is 25.0 Å². The van der Waals surface area contributed by atoms with Gasteiger partial charge in [0.2, 0.25) is 0 Å². The summed E-state index contributed by atoms with van der Waals surface area (Å²) in [5, 5.41) is 4.71. The maximum absolute atomic E-state index is 12.3. The highest BCUT2D eigenvalue weighted by atomic mass is 19.4. The minimum atomic E-state index is -4.32. The van der Waals surface area contributed by atoms with Crippen LogP contribution >= 0.6 is 0 Å². The highest BCUT2D eigenvalue weighted by molar-refractivity contribution is 6.00. The van der Waals surface area contributed by atoms with Crippen molar-refractivity contribution in [2.45, 2.75) is 26.4 Å². The molecule has 0 fully saturated rings. The Bertz CT molecular complexity index is 684. The van der Waals surface area contributed by atoms with Gasteiger partial charge >= 0.3 is 6.18 Å². The molecule has 0 saturated heterocycles. The molecule has 25 heavy (non-hydrogen) atoms. The minimum absolute atomic E-state index is 0.371. The second-order valence-corrected chi connectivity index (χ2v) is 5.59. The van der Waals surface area contributed by atoms with E-state index in [4.69, 9.17) is 5.73 Å². The van der Waals surface area contributed by atoms with Gasteiger partial charge in [-0.15, -0.1) is 0 Å². The van der Waals surface area contributed by atoms with E-state index in [0.29, 0.717) is 29.3 Å². The van der Waals surface area contributed by atoms with Crippen LogP contribution in [-0.4, -0.2) is 40.5 Å². The van der Waals surface area contributed by atoms with Crippen molar-refractivity contribution in [2.24, 2.45) is 5.10 Å². The quantitative estimate of drug-likeness (QED) is 0.463. The minimum Gasteiger partial charge on any atom is -0.384 e. The van der Waals surface area contributed by atoms with E-state index < -0.39 is 12.7 Å². The molecule has 0 amide bonds. The maximum Gasteiger partial charge on any atom is 0.407 e. The lowest BCUT2D eigenvalue weighted by Crippen LogP contribution is -2.28. The average molecular weight is 353 g/mol. The highest BCUT2D eigenvalue weighted by Gasteiger charge is 2.29. The number of hydrogen-bond acceptors (Lipinski definition) is 5. The Kier molecular flexibility index (Phi) is 6.90. The number of hydrazone groups is 1. The molecule has 0 unspecified atom stereocenters. The smallest absolute Gasteiger partial charge is 0.384 e. The summed E-state index contributed by atoms with van der Waals surface area (Å²) < 4.78 is 37.0. The fraction of sp³-hybridized carbons (Fsp3) is 0.353. The molecule has 0 saturated carbocycles. The Morgan fingerprint density at radius 2 is 2.04 bits per heavy atom. The predicted octanol–water partition coefficient (Wildman–Crippen LogP) is 3.45. The van der Waals surface area contributed by atoms with Crippen LogP contribution in [0.4, 0.5) is 19.0 Å². The summed E-state index contributed by atoms with van der Waals surface area (Å²) in [6.07, 6.45) is -0.639. The number of anilines is 1. The zero-order valence-electron chi connectivity index (χ0n) is 14.6. The number of nitrogen functional groups attached to an aromatic ring is 1. The van der Waals surface area contributed by atoms with E-state index in [9.17, 15) is 13.2 Å². The number of nitrogens with zero attached hydrogens (tertiary/aromatic N) is 4. The molecule has 1 heterocycles. The van der Waals surface area contributed by atoms with Gasteiger partial charge in [0.05, 0.1) is 5.71 Å². The van der Waals surface area contributed by atoms with Gasteiger partial charge in [-0.3, -0.25) is 5.01 Å². The third-order valence-electron chi connectivity index (χ3n) is 3.10. The number of rotatable bonds is 7. The first-order chi connectivity index (χ1) is 11.5. The first-order valence-electron chi connectivity index (χ1n) is 7.45. The van der Waals surface area contributed by atoms with Crippen LogP contribution in [-0.2, 0) is 6.42 Å².